The van der Waals surface area contributed by atoms with Crippen LogP contribution in [0.15, 0.2) is 0 Å². The van der Waals surface area contributed by atoms with Crippen LogP contribution in [-0.2, 0) is 4.74 Å². The van der Waals surface area contributed by atoms with Gasteiger partial charge in [0.25, 0.3) is 0 Å². The summed E-state index contributed by atoms with van der Waals surface area (Å²) in [4.78, 5) is 0. The Morgan fingerprint density at radius 2 is 2.06 bits per heavy atom. The van der Waals surface area contributed by atoms with Crippen LogP contribution in [0.4, 0.5) is 0 Å². The molecular formula is C15H29NO. The van der Waals surface area contributed by atoms with Gasteiger partial charge in [0.15, 0.2) is 0 Å². The number of ether oxygens (including phenoxy) is 1. The quantitative estimate of drug-likeness (QED) is 0.734. The lowest BCUT2D eigenvalue weighted by Gasteiger charge is -2.21. The maximum Gasteiger partial charge on any atom is 0.0576 e. The smallest absolute Gasteiger partial charge is 0.0576 e. The molecule has 1 aliphatic heterocycles. The molecule has 0 spiro atoms. The second-order valence-electron chi connectivity index (χ2n) is 5.82. The number of rotatable bonds is 7. The van der Waals surface area contributed by atoms with E-state index in [4.69, 9.17) is 4.74 Å². The molecule has 1 N–H and O–H groups in total. The summed E-state index contributed by atoms with van der Waals surface area (Å²) in [6, 6.07) is 0.819. The van der Waals surface area contributed by atoms with E-state index in [1.165, 1.54) is 64.3 Å². The van der Waals surface area contributed by atoms with Crippen LogP contribution in [0.25, 0.3) is 0 Å². The fraction of sp³-hybridized carbons (Fsp3) is 1.00. The average molecular weight is 239 g/mol. The number of nitrogens with one attached hydrogen (secondary N) is 1. The molecule has 2 fully saturated rings. The predicted molar refractivity (Wildman–Crippen MR) is 72.2 cm³/mol. The SMILES string of the molecule is CCCNC1CCCC1CCCC1CCCO1. The molecule has 2 nitrogen and oxygen atoms in total. The van der Waals surface area contributed by atoms with Crippen molar-refractivity contribution in [1.82, 2.24) is 5.32 Å². The van der Waals surface area contributed by atoms with Gasteiger partial charge in [0, 0.05) is 12.6 Å². The van der Waals surface area contributed by atoms with Gasteiger partial charge in [-0.1, -0.05) is 19.8 Å². The van der Waals surface area contributed by atoms with Crippen molar-refractivity contribution < 1.29 is 4.74 Å². The molecule has 0 bridgehead atoms. The summed E-state index contributed by atoms with van der Waals surface area (Å²) >= 11 is 0. The van der Waals surface area contributed by atoms with Crippen LogP contribution in [0.2, 0.25) is 0 Å². The minimum atomic E-state index is 0.596. The normalized spacial score (nSPS) is 33.4. The lowest BCUT2D eigenvalue weighted by molar-refractivity contribution is 0.100. The van der Waals surface area contributed by atoms with Gasteiger partial charge in [0.05, 0.1) is 6.10 Å². The first-order valence-electron chi connectivity index (χ1n) is 7.75. The van der Waals surface area contributed by atoms with Crippen LogP contribution < -0.4 is 5.32 Å². The molecule has 2 rings (SSSR count). The molecule has 1 saturated carbocycles. The third-order valence-electron chi connectivity index (χ3n) is 4.44. The van der Waals surface area contributed by atoms with E-state index in [2.05, 4.69) is 12.2 Å². The van der Waals surface area contributed by atoms with E-state index in [9.17, 15) is 0 Å². The lowest BCUT2D eigenvalue weighted by Crippen LogP contribution is -2.32. The van der Waals surface area contributed by atoms with Gasteiger partial charge >= 0.3 is 0 Å². The molecular weight excluding hydrogens is 210 g/mol. The van der Waals surface area contributed by atoms with Crippen LogP contribution in [0.1, 0.15) is 64.7 Å². The van der Waals surface area contributed by atoms with Gasteiger partial charge in [-0.3, -0.25) is 0 Å². The molecule has 1 saturated heterocycles. The molecule has 3 unspecified atom stereocenters. The third kappa shape index (κ3) is 4.26. The molecule has 100 valence electrons. The molecule has 0 aromatic heterocycles. The minimum Gasteiger partial charge on any atom is -0.378 e. The molecule has 2 aliphatic rings. The zero-order valence-corrected chi connectivity index (χ0v) is 11.4. The molecule has 0 aromatic rings. The summed E-state index contributed by atoms with van der Waals surface area (Å²) in [5.74, 6) is 0.947. The second kappa shape index (κ2) is 7.38. The molecule has 0 aromatic carbocycles. The van der Waals surface area contributed by atoms with E-state index in [1.807, 2.05) is 0 Å². The highest BCUT2D eigenvalue weighted by Gasteiger charge is 2.26. The Bertz CT molecular complexity index is 201. The van der Waals surface area contributed by atoms with Gasteiger partial charge in [-0.05, 0) is 57.4 Å². The summed E-state index contributed by atoms with van der Waals surface area (Å²) in [6.07, 6.45) is 12.8. The summed E-state index contributed by atoms with van der Waals surface area (Å²) < 4.78 is 5.69. The monoisotopic (exact) mass is 239 g/mol. The van der Waals surface area contributed by atoms with Crippen molar-refractivity contribution in [3.05, 3.63) is 0 Å². The Morgan fingerprint density at radius 1 is 1.12 bits per heavy atom. The van der Waals surface area contributed by atoms with Crippen molar-refractivity contribution in [1.29, 1.82) is 0 Å². The van der Waals surface area contributed by atoms with Gasteiger partial charge in [-0.15, -0.1) is 0 Å². The van der Waals surface area contributed by atoms with Crippen molar-refractivity contribution in [2.45, 2.75) is 76.9 Å². The van der Waals surface area contributed by atoms with Crippen LogP contribution >= 0.6 is 0 Å². The van der Waals surface area contributed by atoms with Crippen molar-refractivity contribution in [3.63, 3.8) is 0 Å². The summed E-state index contributed by atoms with van der Waals surface area (Å²) in [6.45, 7) is 4.47. The first kappa shape index (κ1) is 13.4. The fourth-order valence-electron chi connectivity index (χ4n) is 3.46. The molecule has 1 heterocycles. The third-order valence-corrected chi connectivity index (χ3v) is 4.44. The average Bonchev–Trinajstić information content (AvgIpc) is 2.98. The maximum absolute atomic E-state index is 5.69. The highest BCUT2D eigenvalue weighted by Crippen LogP contribution is 2.30. The van der Waals surface area contributed by atoms with Crippen molar-refractivity contribution >= 4 is 0 Å². The molecule has 2 heteroatoms. The van der Waals surface area contributed by atoms with E-state index >= 15 is 0 Å². The van der Waals surface area contributed by atoms with Gasteiger partial charge < -0.3 is 10.1 Å². The lowest BCUT2D eigenvalue weighted by atomic mass is 9.95. The molecule has 1 aliphatic carbocycles. The number of hydrogen-bond donors (Lipinski definition) is 1. The summed E-state index contributed by atoms with van der Waals surface area (Å²) in [7, 11) is 0. The Morgan fingerprint density at radius 3 is 2.82 bits per heavy atom. The summed E-state index contributed by atoms with van der Waals surface area (Å²) in [5, 5.41) is 3.73. The van der Waals surface area contributed by atoms with E-state index < -0.39 is 0 Å². The second-order valence-corrected chi connectivity index (χ2v) is 5.82. The largest absolute Gasteiger partial charge is 0.378 e. The highest BCUT2D eigenvalue weighted by atomic mass is 16.5. The van der Waals surface area contributed by atoms with Gasteiger partial charge in [-0.25, -0.2) is 0 Å². The molecule has 17 heavy (non-hydrogen) atoms. The van der Waals surface area contributed by atoms with Crippen LogP contribution in [0, 0.1) is 5.92 Å². The van der Waals surface area contributed by atoms with Crippen molar-refractivity contribution in [2.24, 2.45) is 5.92 Å². The van der Waals surface area contributed by atoms with Crippen LogP contribution in [0.5, 0.6) is 0 Å². The van der Waals surface area contributed by atoms with E-state index in [0.29, 0.717) is 6.10 Å². The zero-order valence-electron chi connectivity index (χ0n) is 11.4. The predicted octanol–water partition coefficient (Wildman–Crippen LogP) is 3.50. The molecule has 0 radical (unpaired) electrons. The van der Waals surface area contributed by atoms with Gasteiger partial charge in [0.2, 0.25) is 0 Å². The Hall–Kier alpha value is -0.0800. The first-order chi connectivity index (χ1) is 8.40. The highest BCUT2D eigenvalue weighted by molar-refractivity contribution is 4.83. The van der Waals surface area contributed by atoms with Crippen LogP contribution in [-0.4, -0.2) is 25.3 Å². The van der Waals surface area contributed by atoms with Gasteiger partial charge in [-0.2, -0.15) is 0 Å². The zero-order chi connectivity index (χ0) is 11.9. The minimum absolute atomic E-state index is 0.596. The Labute approximate surface area is 107 Å². The topological polar surface area (TPSA) is 21.3 Å². The number of hydrogen-bond acceptors (Lipinski definition) is 2. The first-order valence-corrected chi connectivity index (χ1v) is 7.75. The Balaban J connectivity index is 1.59. The van der Waals surface area contributed by atoms with Crippen molar-refractivity contribution in [2.75, 3.05) is 13.2 Å². The van der Waals surface area contributed by atoms with E-state index in [-0.39, 0.29) is 0 Å². The fourth-order valence-corrected chi connectivity index (χ4v) is 3.46. The summed E-state index contributed by atoms with van der Waals surface area (Å²) in [5.41, 5.74) is 0. The van der Waals surface area contributed by atoms with Crippen molar-refractivity contribution in [3.8, 4) is 0 Å². The maximum atomic E-state index is 5.69. The van der Waals surface area contributed by atoms with E-state index in [0.717, 1.165) is 18.6 Å². The van der Waals surface area contributed by atoms with E-state index in [1.54, 1.807) is 0 Å². The van der Waals surface area contributed by atoms with Gasteiger partial charge in [0.1, 0.15) is 0 Å². The van der Waals surface area contributed by atoms with Crippen LogP contribution in [0.3, 0.4) is 0 Å². The standard InChI is InChI=1S/C15H29NO/c1-2-11-16-15-10-4-7-13(15)6-3-8-14-9-5-12-17-14/h13-16H,2-12H2,1H3. The molecule has 3 atom stereocenters. The molecule has 0 amide bonds. The Kier molecular flexibility index (Phi) is 5.79.